The van der Waals surface area contributed by atoms with Crippen LogP contribution in [0.4, 0.5) is 5.82 Å². The van der Waals surface area contributed by atoms with Crippen molar-refractivity contribution in [3.63, 3.8) is 0 Å². The van der Waals surface area contributed by atoms with Crippen molar-refractivity contribution in [1.29, 1.82) is 0 Å². The molecule has 102 valence electrons. The van der Waals surface area contributed by atoms with Crippen molar-refractivity contribution in [3.8, 4) is 5.75 Å². The molecule has 3 rings (SSSR count). The minimum Gasteiger partial charge on any atom is -0.497 e. The molecular weight excluding hydrogens is 250 g/mol. The van der Waals surface area contributed by atoms with Crippen LogP contribution in [0.1, 0.15) is 11.1 Å². The topological polar surface area (TPSA) is 53.1 Å². The van der Waals surface area contributed by atoms with Crippen LogP contribution < -0.4 is 10.5 Å². The van der Waals surface area contributed by atoms with Crippen LogP contribution >= 0.6 is 0 Å². The molecule has 0 fully saturated rings. The largest absolute Gasteiger partial charge is 0.497 e. The summed E-state index contributed by atoms with van der Waals surface area (Å²) in [4.78, 5) is 0. The van der Waals surface area contributed by atoms with E-state index < -0.39 is 0 Å². The summed E-state index contributed by atoms with van der Waals surface area (Å²) in [5.74, 6) is 1.59. The number of nitrogens with two attached hydrogens (primary N) is 1. The number of ether oxygens (including phenoxy) is 1. The first kappa shape index (κ1) is 12.5. The number of nitrogens with zero attached hydrogens (tertiary/aromatic N) is 2. The highest BCUT2D eigenvalue weighted by atomic mass is 16.5. The highest BCUT2D eigenvalue weighted by molar-refractivity contribution is 5.84. The lowest BCUT2D eigenvalue weighted by atomic mass is 10.1. The van der Waals surface area contributed by atoms with E-state index in [4.69, 9.17) is 10.5 Å². The quantitative estimate of drug-likeness (QED) is 0.793. The average molecular weight is 267 g/mol. The predicted molar refractivity (Wildman–Crippen MR) is 81.0 cm³/mol. The van der Waals surface area contributed by atoms with Gasteiger partial charge in [-0.1, -0.05) is 18.2 Å². The number of benzene rings is 2. The molecule has 0 spiro atoms. The molecule has 0 aliphatic rings. The van der Waals surface area contributed by atoms with Crippen LogP contribution in [0.3, 0.4) is 0 Å². The second kappa shape index (κ2) is 4.89. The van der Waals surface area contributed by atoms with Crippen LogP contribution in [0.5, 0.6) is 5.75 Å². The van der Waals surface area contributed by atoms with Gasteiger partial charge < -0.3 is 10.5 Å². The summed E-state index contributed by atoms with van der Waals surface area (Å²) in [6.07, 6.45) is 1.79. The molecule has 0 radical (unpaired) electrons. The molecule has 4 nitrogen and oxygen atoms in total. The van der Waals surface area contributed by atoms with Gasteiger partial charge in [-0.3, -0.25) is 0 Å². The molecule has 1 heterocycles. The summed E-state index contributed by atoms with van der Waals surface area (Å²) in [7, 11) is 1.68. The van der Waals surface area contributed by atoms with Gasteiger partial charge in [-0.25, -0.2) is 4.68 Å². The van der Waals surface area contributed by atoms with E-state index in [2.05, 4.69) is 29.4 Å². The molecule has 3 aromatic rings. The Balaban J connectivity index is 1.95. The van der Waals surface area contributed by atoms with Crippen molar-refractivity contribution in [1.82, 2.24) is 9.78 Å². The van der Waals surface area contributed by atoms with Crippen LogP contribution in [-0.4, -0.2) is 16.9 Å². The Morgan fingerprint density at radius 1 is 1.15 bits per heavy atom. The maximum atomic E-state index is 5.98. The van der Waals surface area contributed by atoms with E-state index in [1.54, 1.807) is 13.3 Å². The molecule has 0 aliphatic carbocycles. The second-order valence-electron chi connectivity index (χ2n) is 4.92. The van der Waals surface area contributed by atoms with Crippen LogP contribution in [-0.2, 0) is 6.54 Å². The van der Waals surface area contributed by atoms with Crippen molar-refractivity contribution in [2.75, 3.05) is 12.8 Å². The molecule has 0 saturated carbocycles. The number of hydrogen-bond acceptors (Lipinski definition) is 3. The van der Waals surface area contributed by atoms with Gasteiger partial charge >= 0.3 is 0 Å². The summed E-state index contributed by atoms with van der Waals surface area (Å²) in [5, 5.41) is 6.64. The Morgan fingerprint density at radius 3 is 2.60 bits per heavy atom. The molecular formula is C16H17N3O. The van der Waals surface area contributed by atoms with Crippen molar-refractivity contribution in [2.24, 2.45) is 0 Å². The van der Waals surface area contributed by atoms with Crippen LogP contribution in [0, 0.1) is 6.92 Å². The number of nitrogen functional groups attached to an aromatic ring is 1. The van der Waals surface area contributed by atoms with Crippen LogP contribution in [0.25, 0.3) is 10.8 Å². The Morgan fingerprint density at radius 2 is 1.90 bits per heavy atom. The van der Waals surface area contributed by atoms with Gasteiger partial charge in [0.25, 0.3) is 0 Å². The molecule has 1 aromatic heterocycles. The normalized spacial score (nSPS) is 10.9. The van der Waals surface area contributed by atoms with E-state index in [1.165, 1.54) is 10.9 Å². The van der Waals surface area contributed by atoms with E-state index in [1.807, 2.05) is 23.7 Å². The van der Waals surface area contributed by atoms with E-state index in [0.29, 0.717) is 6.54 Å². The number of hydrogen-bond donors (Lipinski definition) is 1. The molecule has 0 atom stereocenters. The predicted octanol–water partition coefficient (Wildman–Crippen LogP) is 2.98. The zero-order valence-electron chi connectivity index (χ0n) is 11.6. The first-order chi connectivity index (χ1) is 9.67. The third-order valence-corrected chi connectivity index (χ3v) is 3.52. The van der Waals surface area contributed by atoms with Gasteiger partial charge in [0.15, 0.2) is 0 Å². The number of fused-ring (bicyclic) bond motifs is 1. The smallest absolute Gasteiger partial charge is 0.124 e. The molecule has 0 saturated heterocycles. The van der Waals surface area contributed by atoms with Crippen molar-refractivity contribution < 1.29 is 4.74 Å². The van der Waals surface area contributed by atoms with Crippen molar-refractivity contribution in [2.45, 2.75) is 13.5 Å². The first-order valence-corrected chi connectivity index (χ1v) is 6.52. The van der Waals surface area contributed by atoms with Gasteiger partial charge in [-0.15, -0.1) is 0 Å². The molecule has 0 aliphatic heterocycles. The summed E-state index contributed by atoms with van der Waals surface area (Å²) in [6, 6.07) is 12.4. The lowest BCUT2D eigenvalue weighted by molar-refractivity contribution is 0.415. The van der Waals surface area contributed by atoms with E-state index in [9.17, 15) is 0 Å². The number of anilines is 1. The highest BCUT2D eigenvalue weighted by Crippen LogP contribution is 2.22. The minimum atomic E-state index is 0.682. The minimum absolute atomic E-state index is 0.682. The molecule has 2 N–H and O–H groups in total. The third kappa shape index (κ3) is 2.20. The third-order valence-electron chi connectivity index (χ3n) is 3.52. The fourth-order valence-electron chi connectivity index (χ4n) is 2.29. The number of aryl methyl sites for hydroxylation is 1. The average Bonchev–Trinajstić information content (AvgIpc) is 2.79. The summed E-state index contributed by atoms with van der Waals surface area (Å²) in [6.45, 7) is 2.65. The van der Waals surface area contributed by atoms with Crippen LogP contribution in [0.2, 0.25) is 0 Å². The van der Waals surface area contributed by atoms with Crippen molar-refractivity contribution in [3.05, 3.63) is 53.7 Å². The van der Waals surface area contributed by atoms with Gasteiger partial charge in [-0.2, -0.15) is 5.10 Å². The lowest BCUT2D eigenvalue weighted by Gasteiger charge is -2.07. The number of methoxy groups -OCH3 is 1. The lowest BCUT2D eigenvalue weighted by Crippen LogP contribution is -2.06. The van der Waals surface area contributed by atoms with Gasteiger partial charge in [0.1, 0.15) is 11.6 Å². The highest BCUT2D eigenvalue weighted by Gasteiger charge is 2.05. The zero-order valence-corrected chi connectivity index (χ0v) is 11.6. The van der Waals surface area contributed by atoms with Gasteiger partial charge in [0, 0.05) is 5.56 Å². The van der Waals surface area contributed by atoms with E-state index in [0.717, 1.165) is 22.5 Å². The maximum absolute atomic E-state index is 5.98. The van der Waals surface area contributed by atoms with Gasteiger partial charge in [0.2, 0.25) is 0 Å². The monoisotopic (exact) mass is 267 g/mol. The SMILES string of the molecule is COc1ccc2cc(Cn3ncc(C)c3N)ccc2c1. The molecule has 20 heavy (non-hydrogen) atoms. The van der Waals surface area contributed by atoms with Crippen LogP contribution in [0.15, 0.2) is 42.6 Å². The van der Waals surface area contributed by atoms with E-state index >= 15 is 0 Å². The first-order valence-electron chi connectivity index (χ1n) is 6.52. The Hall–Kier alpha value is -2.49. The number of aromatic nitrogens is 2. The standard InChI is InChI=1S/C16H17N3O/c1-11-9-18-19(16(11)17)10-12-3-4-14-8-15(20-2)6-5-13(14)7-12/h3-9H,10,17H2,1-2H3. The Labute approximate surface area is 117 Å². The van der Waals surface area contributed by atoms with Gasteiger partial charge in [-0.05, 0) is 41.5 Å². The van der Waals surface area contributed by atoms with Crippen molar-refractivity contribution >= 4 is 16.6 Å². The zero-order chi connectivity index (χ0) is 14.1. The molecule has 4 heteroatoms. The fraction of sp³-hybridized carbons (Fsp3) is 0.188. The Kier molecular flexibility index (Phi) is 3.06. The molecule has 0 unspecified atom stereocenters. The Bertz CT molecular complexity index is 762. The summed E-state index contributed by atoms with van der Waals surface area (Å²) >= 11 is 0. The second-order valence-corrected chi connectivity index (χ2v) is 4.92. The summed E-state index contributed by atoms with van der Waals surface area (Å²) < 4.78 is 7.06. The molecule has 2 aromatic carbocycles. The number of rotatable bonds is 3. The maximum Gasteiger partial charge on any atom is 0.124 e. The fourth-order valence-corrected chi connectivity index (χ4v) is 2.29. The van der Waals surface area contributed by atoms with E-state index in [-0.39, 0.29) is 0 Å². The summed E-state index contributed by atoms with van der Waals surface area (Å²) in [5.41, 5.74) is 8.17. The molecule has 0 bridgehead atoms. The van der Waals surface area contributed by atoms with Gasteiger partial charge in [0.05, 0.1) is 19.9 Å². The molecule has 0 amide bonds.